The van der Waals surface area contributed by atoms with Gasteiger partial charge in [0.05, 0.1) is 26.2 Å². The normalized spacial score (nSPS) is 19.1. The molecule has 6 nitrogen and oxygen atoms in total. The smallest absolute Gasteiger partial charge is 0.223 e. The van der Waals surface area contributed by atoms with E-state index in [1.807, 2.05) is 25.1 Å². The van der Waals surface area contributed by atoms with Crippen molar-refractivity contribution >= 4 is 11.8 Å². The summed E-state index contributed by atoms with van der Waals surface area (Å²) in [5, 5.41) is 0. The van der Waals surface area contributed by atoms with E-state index < -0.39 is 11.8 Å². The number of primary amides is 1. The highest BCUT2D eigenvalue weighted by Gasteiger charge is 2.37. The van der Waals surface area contributed by atoms with Crippen molar-refractivity contribution < 1.29 is 19.1 Å². The van der Waals surface area contributed by atoms with Crippen LogP contribution in [0.3, 0.4) is 0 Å². The summed E-state index contributed by atoms with van der Waals surface area (Å²) < 4.78 is 10.6. The molecule has 1 aromatic carbocycles. The predicted octanol–water partition coefficient (Wildman–Crippen LogP) is 1.49. The highest BCUT2D eigenvalue weighted by molar-refractivity contribution is 5.88. The zero-order valence-corrected chi connectivity index (χ0v) is 13.2. The Morgan fingerprint density at radius 3 is 2.55 bits per heavy atom. The van der Waals surface area contributed by atoms with Crippen LogP contribution in [0.4, 0.5) is 0 Å². The van der Waals surface area contributed by atoms with Crippen molar-refractivity contribution in [1.29, 1.82) is 0 Å². The fraction of sp³-hybridized carbons (Fsp3) is 0.500. The molecule has 120 valence electrons. The SMILES string of the molecule is CCC(c1ccc(OC)c(OC)c1)N1CC(C(N)=O)CC1=O. The fourth-order valence-corrected chi connectivity index (χ4v) is 2.92. The van der Waals surface area contributed by atoms with Gasteiger partial charge in [0.2, 0.25) is 11.8 Å². The molecule has 2 unspecified atom stereocenters. The van der Waals surface area contributed by atoms with Crippen LogP contribution >= 0.6 is 0 Å². The molecular formula is C16H22N2O4. The molecule has 2 rings (SSSR count). The number of likely N-dealkylation sites (tertiary alicyclic amines) is 1. The number of nitrogens with zero attached hydrogens (tertiary/aromatic N) is 1. The average molecular weight is 306 g/mol. The minimum absolute atomic E-state index is 0.0366. The third-order valence-corrected chi connectivity index (χ3v) is 4.12. The van der Waals surface area contributed by atoms with Crippen LogP contribution < -0.4 is 15.2 Å². The Balaban J connectivity index is 2.29. The highest BCUT2D eigenvalue weighted by Crippen LogP contribution is 2.35. The summed E-state index contributed by atoms with van der Waals surface area (Å²) in [5.41, 5.74) is 6.29. The topological polar surface area (TPSA) is 81.9 Å². The van der Waals surface area contributed by atoms with Gasteiger partial charge < -0.3 is 20.1 Å². The molecule has 1 aliphatic rings. The summed E-state index contributed by atoms with van der Waals surface area (Å²) in [5.74, 6) is 0.408. The van der Waals surface area contributed by atoms with Gasteiger partial charge in [-0.2, -0.15) is 0 Å². The molecule has 1 saturated heterocycles. The first kappa shape index (κ1) is 16.1. The highest BCUT2D eigenvalue weighted by atomic mass is 16.5. The van der Waals surface area contributed by atoms with Crippen LogP contribution in [0.2, 0.25) is 0 Å². The van der Waals surface area contributed by atoms with E-state index in [1.54, 1.807) is 19.1 Å². The van der Waals surface area contributed by atoms with E-state index in [1.165, 1.54) is 0 Å². The lowest BCUT2D eigenvalue weighted by Gasteiger charge is -2.28. The molecule has 1 aliphatic heterocycles. The van der Waals surface area contributed by atoms with Crippen molar-refractivity contribution in [1.82, 2.24) is 4.90 Å². The molecule has 1 aromatic rings. The first-order valence-electron chi connectivity index (χ1n) is 7.32. The first-order chi connectivity index (χ1) is 10.5. The maximum absolute atomic E-state index is 12.2. The van der Waals surface area contributed by atoms with Gasteiger partial charge in [-0.25, -0.2) is 0 Å². The number of rotatable bonds is 6. The number of hydrogen-bond donors (Lipinski definition) is 1. The van der Waals surface area contributed by atoms with Crippen LogP contribution in [-0.4, -0.2) is 37.5 Å². The Morgan fingerprint density at radius 2 is 2.05 bits per heavy atom. The Kier molecular flexibility index (Phi) is 4.90. The monoisotopic (exact) mass is 306 g/mol. The quantitative estimate of drug-likeness (QED) is 0.863. The maximum Gasteiger partial charge on any atom is 0.223 e. The standard InChI is InChI=1S/C16H22N2O4/c1-4-12(18-9-11(16(17)20)8-15(18)19)10-5-6-13(21-2)14(7-10)22-3/h5-7,11-12H,4,8-9H2,1-3H3,(H2,17,20). The van der Waals surface area contributed by atoms with E-state index in [2.05, 4.69) is 0 Å². The summed E-state index contributed by atoms with van der Waals surface area (Å²) in [6.45, 7) is 2.38. The van der Waals surface area contributed by atoms with E-state index in [0.717, 1.165) is 12.0 Å². The lowest BCUT2D eigenvalue weighted by molar-refractivity contribution is -0.130. The van der Waals surface area contributed by atoms with Gasteiger partial charge in [0.15, 0.2) is 11.5 Å². The van der Waals surface area contributed by atoms with E-state index in [9.17, 15) is 9.59 Å². The summed E-state index contributed by atoms with van der Waals surface area (Å²) in [4.78, 5) is 25.3. The zero-order valence-electron chi connectivity index (χ0n) is 13.2. The van der Waals surface area contributed by atoms with Crippen molar-refractivity contribution in [2.24, 2.45) is 11.7 Å². The Bertz CT molecular complexity index is 573. The molecule has 2 atom stereocenters. The van der Waals surface area contributed by atoms with Crippen LogP contribution in [0.1, 0.15) is 31.4 Å². The fourth-order valence-electron chi connectivity index (χ4n) is 2.92. The Labute approximate surface area is 130 Å². The van der Waals surface area contributed by atoms with Gasteiger partial charge in [0.25, 0.3) is 0 Å². The summed E-state index contributed by atoms with van der Waals surface area (Å²) in [6.07, 6.45) is 0.936. The summed E-state index contributed by atoms with van der Waals surface area (Å²) in [7, 11) is 3.16. The summed E-state index contributed by atoms with van der Waals surface area (Å²) in [6, 6.07) is 5.51. The van der Waals surface area contributed by atoms with Gasteiger partial charge in [0, 0.05) is 13.0 Å². The zero-order chi connectivity index (χ0) is 16.3. The second-order valence-electron chi connectivity index (χ2n) is 5.39. The molecule has 2 amide bonds. The van der Waals surface area contributed by atoms with Gasteiger partial charge in [-0.3, -0.25) is 9.59 Å². The molecule has 1 fully saturated rings. The number of carbonyl (C=O) groups excluding carboxylic acids is 2. The number of methoxy groups -OCH3 is 2. The van der Waals surface area contributed by atoms with Crippen molar-refractivity contribution in [2.75, 3.05) is 20.8 Å². The number of benzene rings is 1. The first-order valence-corrected chi connectivity index (χ1v) is 7.32. The third kappa shape index (κ3) is 3.00. The van der Waals surface area contributed by atoms with Crippen LogP contribution in [0.15, 0.2) is 18.2 Å². The van der Waals surface area contributed by atoms with Gasteiger partial charge in [-0.1, -0.05) is 13.0 Å². The van der Waals surface area contributed by atoms with E-state index in [-0.39, 0.29) is 18.4 Å². The molecule has 0 spiro atoms. The minimum atomic E-state index is -0.419. The molecule has 0 aliphatic carbocycles. The van der Waals surface area contributed by atoms with Gasteiger partial charge in [-0.15, -0.1) is 0 Å². The van der Waals surface area contributed by atoms with Gasteiger partial charge in [-0.05, 0) is 24.1 Å². The van der Waals surface area contributed by atoms with Gasteiger partial charge in [0.1, 0.15) is 0 Å². The van der Waals surface area contributed by atoms with E-state index in [4.69, 9.17) is 15.2 Å². The van der Waals surface area contributed by atoms with E-state index >= 15 is 0 Å². The molecule has 2 N–H and O–H groups in total. The molecule has 0 radical (unpaired) electrons. The lowest BCUT2D eigenvalue weighted by Crippen LogP contribution is -2.32. The number of hydrogen-bond acceptors (Lipinski definition) is 4. The predicted molar refractivity (Wildman–Crippen MR) is 81.6 cm³/mol. The molecule has 1 heterocycles. The molecule has 22 heavy (non-hydrogen) atoms. The summed E-state index contributed by atoms with van der Waals surface area (Å²) >= 11 is 0. The van der Waals surface area contributed by atoms with Crippen molar-refractivity contribution in [3.8, 4) is 11.5 Å². The molecule has 6 heteroatoms. The van der Waals surface area contributed by atoms with Crippen LogP contribution in [0.5, 0.6) is 11.5 Å². The van der Waals surface area contributed by atoms with E-state index in [0.29, 0.717) is 18.0 Å². The second kappa shape index (κ2) is 6.68. The van der Waals surface area contributed by atoms with Gasteiger partial charge >= 0.3 is 0 Å². The third-order valence-electron chi connectivity index (χ3n) is 4.12. The second-order valence-corrected chi connectivity index (χ2v) is 5.39. The Hall–Kier alpha value is -2.24. The van der Waals surface area contributed by atoms with Crippen molar-refractivity contribution in [2.45, 2.75) is 25.8 Å². The Morgan fingerprint density at radius 1 is 1.36 bits per heavy atom. The van der Waals surface area contributed by atoms with Crippen molar-refractivity contribution in [3.63, 3.8) is 0 Å². The number of carbonyl (C=O) groups is 2. The number of amides is 2. The largest absolute Gasteiger partial charge is 0.493 e. The molecule has 0 aromatic heterocycles. The number of nitrogens with two attached hydrogens (primary N) is 1. The maximum atomic E-state index is 12.2. The van der Waals surface area contributed by atoms with Crippen LogP contribution in [0.25, 0.3) is 0 Å². The molecular weight excluding hydrogens is 284 g/mol. The van der Waals surface area contributed by atoms with Crippen LogP contribution in [-0.2, 0) is 9.59 Å². The minimum Gasteiger partial charge on any atom is -0.493 e. The number of ether oxygens (including phenoxy) is 2. The van der Waals surface area contributed by atoms with Crippen LogP contribution in [0, 0.1) is 5.92 Å². The average Bonchev–Trinajstić information content (AvgIpc) is 2.90. The molecule has 0 saturated carbocycles. The lowest BCUT2D eigenvalue weighted by atomic mass is 10.0. The van der Waals surface area contributed by atoms with Crippen molar-refractivity contribution in [3.05, 3.63) is 23.8 Å². The molecule has 0 bridgehead atoms.